The minimum absolute atomic E-state index is 0.462. The van der Waals surface area contributed by atoms with Gasteiger partial charge in [0, 0.05) is 32.3 Å². The van der Waals surface area contributed by atoms with Gasteiger partial charge in [0.2, 0.25) is 0 Å². The zero-order valence-electron chi connectivity index (χ0n) is 10.3. The summed E-state index contributed by atoms with van der Waals surface area (Å²) in [6, 6.07) is 0.495. The monoisotopic (exact) mass is 228 g/mol. The molecule has 0 amide bonds. The highest BCUT2D eigenvalue weighted by Gasteiger charge is 2.21. The smallest absolute Gasteiger partial charge is 0.0702 e. The number of hydrogen-bond donors (Lipinski definition) is 1. The summed E-state index contributed by atoms with van der Waals surface area (Å²) in [5.41, 5.74) is 0. The van der Waals surface area contributed by atoms with Gasteiger partial charge in [-0.15, -0.1) is 0 Å². The topological polar surface area (TPSA) is 33.7 Å². The number of nitrogens with one attached hydrogen (secondary N) is 1. The molecule has 0 aliphatic carbocycles. The van der Waals surface area contributed by atoms with Crippen molar-refractivity contribution < 1.29 is 9.47 Å². The van der Waals surface area contributed by atoms with Crippen LogP contribution in [0.4, 0.5) is 0 Å². The standard InChI is InChI=1S/C12H24N2O2/c1-2-14(9-12-4-3-6-16-12)8-11-10-15-7-5-13-11/h11-13H,2-10H2,1H3. The third-order valence-corrected chi connectivity index (χ3v) is 3.41. The van der Waals surface area contributed by atoms with Gasteiger partial charge >= 0.3 is 0 Å². The molecule has 0 spiro atoms. The summed E-state index contributed by atoms with van der Waals surface area (Å²) >= 11 is 0. The van der Waals surface area contributed by atoms with E-state index < -0.39 is 0 Å². The Kier molecular flexibility index (Phi) is 5.03. The minimum atomic E-state index is 0.462. The summed E-state index contributed by atoms with van der Waals surface area (Å²) in [5.74, 6) is 0. The maximum atomic E-state index is 5.68. The Hall–Kier alpha value is -0.160. The number of likely N-dealkylation sites (N-methyl/N-ethyl adjacent to an activating group) is 1. The lowest BCUT2D eigenvalue weighted by Crippen LogP contribution is -2.49. The first-order valence-electron chi connectivity index (χ1n) is 6.53. The molecule has 4 heteroatoms. The fourth-order valence-corrected chi connectivity index (χ4v) is 2.46. The number of rotatable bonds is 5. The highest BCUT2D eigenvalue weighted by molar-refractivity contribution is 4.77. The number of nitrogens with zero attached hydrogens (tertiary/aromatic N) is 1. The Morgan fingerprint density at radius 2 is 2.25 bits per heavy atom. The van der Waals surface area contributed by atoms with E-state index in [0.717, 1.165) is 46.0 Å². The van der Waals surface area contributed by atoms with Crippen LogP contribution in [0.2, 0.25) is 0 Å². The molecular weight excluding hydrogens is 204 g/mol. The molecule has 0 radical (unpaired) electrons. The summed E-state index contributed by atoms with van der Waals surface area (Å²) in [4.78, 5) is 2.47. The van der Waals surface area contributed by atoms with E-state index in [1.165, 1.54) is 12.8 Å². The Morgan fingerprint density at radius 1 is 1.31 bits per heavy atom. The van der Waals surface area contributed by atoms with E-state index in [1.54, 1.807) is 0 Å². The largest absolute Gasteiger partial charge is 0.378 e. The van der Waals surface area contributed by atoms with E-state index in [9.17, 15) is 0 Å². The SMILES string of the molecule is CCN(CC1COCCN1)CC1CCCO1. The molecule has 16 heavy (non-hydrogen) atoms. The maximum absolute atomic E-state index is 5.68. The molecule has 2 rings (SSSR count). The Balaban J connectivity index is 1.70. The third kappa shape index (κ3) is 3.70. The van der Waals surface area contributed by atoms with Crippen LogP contribution >= 0.6 is 0 Å². The van der Waals surface area contributed by atoms with Crippen molar-refractivity contribution in [2.75, 3.05) is 46.0 Å². The zero-order valence-corrected chi connectivity index (χ0v) is 10.3. The lowest BCUT2D eigenvalue weighted by molar-refractivity contribution is 0.0426. The Bertz CT molecular complexity index is 189. The highest BCUT2D eigenvalue weighted by Crippen LogP contribution is 2.13. The van der Waals surface area contributed by atoms with Gasteiger partial charge in [-0.05, 0) is 19.4 Å². The van der Waals surface area contributed by atoms with Crippen LogP contribution in [0.15, 0.2) is 0 Å². The minimum Gasteiger partial charge on any atom is -0.378 e. The van der Waals surface area contributed by atoms with Crippen LogP contribution in [0, 0.1) is 0 Å². The van der Waals surface area contributed by atoms with Gasteiger partial charge in [-0.25, -0.2) is 0 Å². The van der Waals surface area contributed by atoms with Gasteiger partial charge in [-0.1, -0.05) is 6.92 Å². The number of hydrogen-bond acceptors (Lipinski definition) is 4. The molecule has 4 nitrogen and oxygen atoms in total. The van der Waals surface area contributed by atoms with E-state index >= 15 is 0 Å². The molecule has 2 aliphatic rings. The van der Waals surface area contributed by atoms with Crippen molar-refractivity contribution in [3.05, 3.63) is 0 Å². The summed E-state index contributed by atoms with van der Waals surface area (Å²) in [6.45, 7) is 9.12. The second kappa shape index (κ2) is 6.55. The van der Waals surface area contributed by atoms with Gasteiger partial charge in [0.15, 0.2) is 0 Å². The van der Waals surface area contributed by atoms with E-state index in [-0.39, 0.29) is 0 Å². The van der Waals surface area contributed by atoms with Crippen molar-refractivity contribution in [1.29, 1.82) is 0 Å². The lowest BCUT2D eigenvalue weighted by Gasteiger charge is -2.31. The molecule has 2 saturated heterocycles. The van der Waals surface area contributed by atoms with Crippen molar-refractivity contribution in [3.63, 3.8) is 0 Å². The molecule has 0 aromatic carbocycles. The number of ether oxygens (including phenoxy) is 2. The molecule has 0 aromatic rings. The van der Waals surface area contributed by atoms with Gasteiger partial charge in [-0.2, -0.15) is 0 Å². The molecule has 2 atom stereocenters. The molecule has 2 fully saturated rings. The van der Waals surface area contributed by atoms with Gasteiger partial charge in [0.25, 0.3) is 0 Å². The second-order valence-corrected chi connectivity index (χ2v) is 4.71. The fourth-order valence-electron chi connectivity index (χ4n) is 2.46. The molecule has 94 valence electrons. The average molecular weight is 228 g/mol. The molecule has 0 bridgehead atoms. The van der Waals surface area contributed by atoms with Crippen molar-refractivity contribution >= 4 is 0 Å². The van der Waals surface area contributed by atoms with Crippen LogP contribution < -0.4 is 5.32 Å². The van der Waals surface area contributed by atoms with Crippen molar-refractivity contribution in [3.8, 4) is 0 Å². The van der Waals surface area contributed by atoms with Gasteiger partial charge in [0.1, 0.15) is 0 Å². The van der Waals surface area contributed by atoms with Crippen LogP contribution in [-0.2, 0) is 9.47 Å². The van der Waals surface area contributed by atoms with Gasteiger partial charge in [0.05, 0.1) is 19.3 Å². The fraction of sp³-hybridized carbons (Fsp3) is 1.00. The molecule has 2 heterocycles. The van der Waals surface area contributed by atoms with E-state index in [1.807, 2.05) is 0 Å². The van der Waals surface area contributed by atoms with Gasteiger partial charge in [-0.3, -0.25) is 4.90 Å². The Labute approximate surface area is 98.3 Å². The van der Waals surface area contributed by atoms with Crippen LogP contribution in [0.25, 0.3) is 0 Å². The molecular formula is C12H24N2O2. The molecule has 1 N–H and O–H groups in total. The predicted molar refractivity (Wildman–Crippen MR) is 63.7 cm³/mol. The summed E-state index contributed by atoms with van der Waals surface area (Å²) < 4.78 is 11.2. The van der Waals surface area contributed by atoms with E-state index in [4.69, 9.17) is 9.47 Å². The first kappa shape index (κ1) is 12.3. The van der Waals surface area contributed by atoms with Crippen LogP contribution in [0.1, 0.15) is 19.8 Å². The summed E-state index contributed by atoms with van der Waals surface area (Å²) in [7, 11) is 0. The predicted octanol–water partition coefficient (Wildman–Crippen LogP) is 0.476. The van der Waals surface area contributed by atoms with Crippen molar-refractivity contribution in [2.24, 2.45) is 0 Å². The third-order valence-electron chi connectivity index (χ3n) is 3.41. The average Bonchev–Trinajstić information content (AvgIpc) is 2.82. The van der Waals surface area contributed by atoms with Crippen LogP contribution in [-0.4, -0.2) is 63.0 Å². The quantitative estimate of drug-likeness (QED) is 0.742. The second-order valence-electron chi connectivity index (χ2n) is 4.71. The van der Waals surface area contributed by atoms with Crippen LogP contribution in [0.5, 0.6) is 0 Å². The summed E-state index contributed by atoms with van der Waals surface area (Å²) in [6.07, 6.45) is 2.92. The molecule has 0 saturated carbocycles. The maximum Gasteiger partial charge on any atom is 0.0702 e. The van der Waals surface area contributed by atoms with Crippen molar-refractivity contribution in [1.82, 2.24) is 10.2 Å². The molecule has 2 aliphatic heterocycles. The summed E-state index contributed by atoms with van der Waals surface area (Å²) in [5, 5.41) is 3.50. The first-order chi connectivity index (χ1) is 7.88. The molecule has 2 unspecified atom stereocenters. The van der Waals surface area contributed by atoms with Crippen molar-refractivity contribution in [2.45, 2.75) is 31.9 Å². The lowest BCUT2D eigenvalue weighted by atomic mass is 10.2. The highest BCUT2D eigenvalue weighted by atomic mass is 16.5. The molecule has 0 aromatic heterocycles. The van der Waals surface area contributed by atoms with E-state index in [0.29, 0.717) is 12.1 Å². The van der Waals surface area contributed by atoms with Crippen LogP contribution in [0.3, 0.4) is 0 Å². The van der Waals surface area contributed by atoms with Gasteiger partial charge < -0.3 is 14.8 Å². The zero-order chi connectivity index (χ0) is 11.2. The normalized spacial score (nSPS) is 31.1. The number of morpholine rings is 1. The Morgan fingerprint density at radius 3 is 2.88 bits per heavy atom. The first-order valence-corrected chi connectivity index (χ1v) is 6.53. The van der Waals surface area contributed by atoms with E-state index in [2.05, 4.69) is 17.1 Å².